The number of amides is 1. The van der Waals surface area contributed by atoms with E-state index in [1.54, 1.807) is 11.8 Å². The third-order valence-corrected chi connectivity index (χ3v) is 4.34. The van der Waals surface area contributed by atoms with E-state index in [0.717, 1.165) is 30.5 Å². The Hall–Kier alpha value is -1.72. The van der Waals surface area contributed by atoms with E-state index in [1.807, 2.05) is 0 Å². The Morgan fingerprint density at radius 2 is 1.89 bits per heavy atom. The molecule has 3 N–H and O–H groups in total. The van der Waals surface area contributed by atoms with Gasteiger partial charge in [-0.15, -0.1) is 24.0 Å². The van der Waals surface area contributed by atoms with Gasteiger partial charge in [0.2, 0.25) is 0 Å². The first-order valence-electron chi connectivity index (χ1n) is 8.94. The zero-order valence-electron chi connectivity index (χ0n) is 15.7. The highest BCUT2D eigenvalue weighted by Gasteiger charge is 2.29. The number of guanidine groups is 1. The van der Waals surface area contributed by atoms with Crippen molar-refractivity contribution < 1.29 is 22.7 Å². The van der Waals surface area contributed by atoms with E-state index in [9.17, 15) is 18.0 Å². The molecule has 0 aromatic heterocycles. The number of rotatable bonds is 5. The van der Waals surface area contributed by atoms with Gasteiger partial charge in [-0.3, -0.25) is 4.99 Å². The molecule has 158 valence electrons. The summed E-state index contributed by atoms with van der Waals surface area (Å²) in [6.45, 7) is 3.69. The molecule has 0 atom stereocenters. The Morgan fingerprint density at radius 1 is 1.29 bits per heavy atom. The summed E-state index contributed by atoms with van der Waals surface area (Å²) in [4.78, 5) is 17.5. The van der Waals surface area contributed by atoms with Crippen LogP contribution < -0.4 is 11.1 Å². The number of alkyl halides is 3. The van der Waals surface area contributed by atoms with Crippen molar-refractivity contribution in [1.82, 2.24) is 10.2 Å². The molecule has 0 unspecified atom stereocenters. The average Bonchev–Trinajstić information content (AvgIpc) is 2.62. The molecule has 1 aromatic carbocycles. The van der Waals surface area contributed by atoms with Gasteiger partial charge >= 0.3 is 12.3 Å². The summed E-state index contributed by atoms with van der Waals surface area (Å²) in [6.07, 6.45) is -2.63. The van der Waals surface area contributed by atoms with Crippen molar-refractivity contribution in [2.45, 2.75) is 38.4 Å². The van der Waals surface area contributed by atoms with Gasteiger partial charge in [0.15, 0.2) is 5.96 Å². The highest BCUT2D eigenvalue weighted by Crippen LogP contribution is 2.29. The summed E-state index contributed by atoms with van der Waals surface area (Å²) in [5.41, 5.74) is 5.98. The van der Waals surface area contributed by atoms with Crippen molar-refractivity contribution in [2.75, 3.05) is 26.2 Å². The molecule has 0 spiro atoms. The van der Waals surface area contributed by atoms with Crippen LogP contribution in [0.5, 0.6) is 0 Å². The lowest BCUT2D eigenvalue weighted by Gasteiger charge is -2.31. The molecule has 1 aliphatic heterocycles. The lowest BCUT2D eigenvalue weighted by Crippen LogP contribution is -2.48. The monoisotopic (exact) mass is 514 g/mol. The number of nitrogens with two attached hydrogens (primary N) is 1. The predicted octanol–water partition coefficient (Wildman–Crippen LogP) is 3.39. The quantitative estimate of drug-likeness (QED) is 0.359. The van der Waals surface area contributed by atoms with E-state index >= 15 is 0 Å². The van der Waals surface area contributed by atoms with Gasteiger partial charge in [-0.25, -0.2) is 4.79 Å². The fourth-order valence-electron chi connectivity index (χ4n) is 2.84. The van der Waals surface area contributed by atoms with Crippen molar-refractivity contribution in [3.63, 3.8) is 0 Å². The smallest absolute Gasteiger partial charge is 0.416 e. The molecule has 0 aliphatic carbocycles. The number of carbonyl (C=O) groups is 1. The van der Waals surface area contributed by atoms with Crippen molar-refractivity contribution in [1.29, 1.82) is 0 Å². The number of ether oxygens (including phenoxy) is 1. The van der Waals surface area contributed by atoms with E-state index in [-0.39, 0.29) is 36.1 Å². The topological polar surface area (TPSA) is 80.0 Å². The zero-order valence-corrected chi connectivity index (χ0v) is 18.0. The highest BCUT2D eigenvalue weighted by atomic mass is 127. The minimum absolute atomic E-state index is 0. The highest BCUT2D eigenvalue weighted by molar-refractivity contribution is 14.0. The molecule has 2 rings (SSSR count). The Labute approximate surface area is 179 Å². The first kappa shape index (κ1) is 24.3. The molecule has 28 heavy (non-hydrogen) atoms. The summed E-state index contributed by atoms with van der Waals surface area (Å²) in [6, 6.07) is 5.17. The summed E-state index contributed by atoms with van der Waals surface area (Å²) >= 11 is 0. The SMILES string of the molecule is CCOC(=O)N1CCC(NC(N)=NCCc2ccc(C(F)(F)F)cc2)CC1.I. The number of benzene rings is 1. The largest absolute Gasteiger partial charge is 0.450 e. The second-order valence-electron chi connectivity index (χ2n) is 6.32. The number of hydrogen-bond donors (Lipinski definition) is 2. The van der Waals surface area contributed by atoms with Crippen LogP contribution in [0.3, 0.4) is 0 Å². The van der Waals surface area contributed by atoms with Gasteiger partial charge in [0.05, 0.1) is 12.2 Å². The first-order chi connectivity index (χ1) is 12.8. The van der Waals surface area contributed by atoms with Crippen LogP contribution in [0, 0.1) is 0 Å². The van der Waals surface area contributed by atoms with Crippen molar-refractivity contribution in [3.05, 3.63) is 35.4 Å². The van der Waals surface area contributed by atoms with Crippen molar-refractivity contribution in [2.24, 2.45) is 10.7 Å². The average molecular weight is 514 g/mol. The van der Waals surface area contributed by atoms with Gasteiger partial charge in [0.1, 0.15) is 0 Å². The maximum absolute atomic E-state index is 12.5. The summed E-state index contributed by atoms with van der Waals surface area (Å²) in [5, 5.41) is 3.13. The molecular weight excluding hydrogens is 488 g/mol. The number of hydrogen-bond acceptors (Lipinski definition) is 3. The van der Waals surface area contributed by atoms with Crippen LogP contribution in [0.4, 0.5) is 18.0 Å². The molecule has 0 radical (unpaired) electrons. The second kappa shape index (κ2) is 11.3. The third-order valence-electron chi connectivity index (χ3n) is 4.34. The summed E-state index contributed by atoms with van der Waals surface area (Å²) < 4.78 is 42.6. The lowest BCUT2D eigenvalue weighted by molar-refractivity contribution is -0.137. The number of piperidine rings is 1. The van der Waals surface area contributed by atoms with Crippen LogP contribution in [-0.2, 0) is 17.3 Å². The van der Waals surface area contributed by atoms with Crippen LogP contribution in [0.2, 0.25) is 0 Å². The van der Waals surface area contributed by atoms with Crippen molar-refractivity contribution in [3.8, 4) is 0 Å². The molecule has 6 nitrogen and oxygen atoms in total. The number of carbonyl (C=O) groups excluding carboxylic acids is 1. The van der Waals surface area contributed by atoms with Crippen LogP contribution >= 0.6 is 24.0 Å². The van der Waals surface area contributed by atoms with E-state index in [4.69, 9.17) is 10.5 Å². The minimum atomic E-state index is -4.33. The Balaban J connectivity index is 0.00000392. The summed E-state index contributed by atoms with van der Waals surface area (Å²) in [7, 11) is 0. The predicted molar refractivity (Wildman–Crippen MR) is 112 cm³/mol. The minimum Gasteiger partial charge on any atom is -0.450 e. The Kier molecular flexibility index (Phi) is 9.83. The second-order valence-corrected chi connectivity index (χ2v) is 6.32. The van der Waals surface area contributed by atoms with Crippen LogP contribution in [0.15, 0.2) is 29.3 Å². The van der Waals surface area contributed by atoms with Crippen LogP contribution in [-0.4, -0.2) is 49.2 Å². The van der Waals surface area contributed by atoms with Gasteiger partial charge < -0.3 is 20.7 Å². The van der Waals surface area contributed by atoms with Crippen molar-refractivity contribution >= 4 is 36.0 Å². The lowest BCUT2D eigenvalue weighted by atomic mass is 10.1. The molecular formula is C18H26F3IN4O2. The molecule has 1 aliphatic rings. The summed E-state index contributed by atoms with van der Waals surface area (Å²) in [5.74, 6) is 0.302. The van der Waals surface area contributed by atoms with E-state index < -0.39 is 11.7 Å². The van der Waals surface area contributed by atoms with Gasteiger partial charge in [-0.1, -0.05) is 12.1 Å². The maximum atomic E-state index is 12.5. The van der Waals surface area contributed by atoms with Gasteiger partial charge in [-0.2, -0.15) is 13.2 Å². The number of likely N-dealkylation sites (tertiary alicyclic amines) is 1. The molecule has 1 aromatic rings. The van der Waals surface area contributed by atoms with Gasteiger partial charge in [0, 0.05) is 25.7 Å². The van der Waals surface area contributed by atoms with E-state index in [0.29, 0.717) is 38.6 Å². The van der Waals surface area contributed by atoms with Gasteiger partial charge in [0.25, 0.3) is 0 Å². The van der Waals surface area contributed by atoms with E-state index in [2.05, 4.69) is 10.3 Å². The Bertz CT molecular complexity index is 645. The number of halogens is 4. The molecule has 1 fully saturated rings. The fraction of sp³-hybridized carbons (Fsp3) is 0.556. The zero-order chi connectivity index (χ0) is 19.9. The molecule has 10 heteroatoms. The first-order valence-corrected chi connectivity index (χ1v) is 8.94. The molecule has 1 heterocycles. The standard InChI is InChI=1S/C18H25F3N4O2.HI/c1-2-27-17(26)25-11-8-15(9-12-25)24-16(22)23-10-7-13-3-5-14(6-4-13)18(19,20)21;/h3-6,15H,2,7-12H2,1H3,(H3,22,23,24);1H. The third kappa shape index (κ3) is 7.72. The molecule has 0 bridgehead atoms. The van der Waals surface area contributed by atoms with Crippen LogP contribution in [0.1, 0.15) is 30.9 Å². The van der Waals surface area contributed by atoms with E-state index in [1.165, 1.54) is 12.1 Å². The van der Waals surface area contributed by atoms with Crippen LogP contribution in [0.25, 0.3) is 0 Å². The molecule has 1 saturated heterocycles. The fourth-order valence-corrected chi connectivity index (χ4v) is 2.84. The maximum Gasteiger partial charge on any atom is 0.416 e. The van der Waals surface area contributed by atoms with Gasteiger partial charge in [-0.05, 0) is 43.9 Å². The Morgan fingerprint density at radius 3 is 2.43 bits per heavy atom. The normalized spacial score (nSPS) is 15.7. The molecule has 1 amide bonds. The number of nitrogens with zero attached hydrogens (tertiary/aromatic N) is 2. The number of nitrogens with one attached hydrogen (secondary N) is 1. The molecule has 0 saturated carbocycles. The number of aliphatic imine (C=N–C) groups is 1.